The third kappa shape index (κ3) is 3.14. The number of hydrogen-bond donors (Lipinski definition) is 0. The Labute approximate surface area is 185 Å². The number of rotatable bonds is 4. The van der Waals surface area contributed by atoms with Gasteiger partial charge in [-0.05, 0) is 61.4 Å². The predicted octanol–water partition coefficient (Wildman–Crippen LogP) is 4.25. The highest BCUT2D eigenvalue weighted by Crippen LogP contribution is 2.34. The monoisotopic (exact) mass is 447 g/mol. The fourth-order valence-electron chi connectivity index (χ4n) is 3.62. The number of hydrogen-bond acceptors (Lipinski definition) is 7. The molecule has 32 heavy (non-hydrogen) atoms. The van der Waals surface area contributed by atoms with Crippen molar-refractivity contribution in [1.82, 2.24) is 9.38 Å². The Morgan fingerprint density at radius 1 is 1.16 bits per heavy atom. The summed E-state index contributed by atoms with van der Waals surface area (Å²) in [7, 11) is 1.45. The summed E-state index contributed by atoms with van der Waals surface area (Å²) in [4.78, 5) is 29.2. The number of aryl methyl sites for hydroxylation is 2. The number of nitro benzene ring substituents is 1. The number of nitro groups is 1. The van der Waals surface area contributed by atoms with Crippen molar-refractivity contribution < 1.29 is 14.1 Å². The van der Waals surface area contributed by atoms with Crippen molar-refractivity contribution in [2.75, 3.05) is 7.11 Å². The van der Waals surface area contributed by atoms with E-state index in [-0.39, 0.29) is 11.2 Å². The number of benzene rings is 2. The van der Waals surface area contributed by atoms with Crippen molar-refractivity contribution in [1.29, 1.82) is 0 Å². The fraction of sp³-hybridized carbons (Fsp3) is 0.130. The number of imidazole rings is 1. The first kappa shape index (κ1) is 20.0. The Morgan fingerprint density at radius 3 is 2.69 bits per heavy atom. The molecule has 0 aliphatic carbocycles. The standard InChI is InChI=1S/C23H17N3O5S/c1-12-8-17-19(9-13(12)2)25-22(27)21(32-23(25)24-17)11-15-5-7-20(31-15)16-6-4-14(30-3)10-18(16)26(28)29/h4-11H,1-3H3. The molecule has 0 aliphatic rings. The molecule has 9 heteroatoms. The Balaban J connectivity index is 1.61. The number of furan rings is 1. The van der Waals surface area contributed by atoms with E-state index in [0.29, 0.717) is 32.3 Å². The van der Waals surface area contributed by atoms with Crippen molar-refractivity contribution in [2.24, 2.45) is 0 Å². The van der Waals surface area contributed by atoms with E-state index in [1.807, 2.05) is 26.0 Å². The van der Waals surface area contributed by atoms with Gasteiger partial charge < -0.3 is 9.15 Å². The third-order valence-electron chi connectivity index (χ3n) is 5.42. The van der Waals surface area contributed by atoms with E-state index in [0.717, 1.165) is 22.2 Å². The third-order valence-corrected chi connectivity index (χ3v) is 6.39. The van der Waals surface area contributed by atoms with Crippen molar-refractivity contribution in [2.45, 2.75) is 13.8 Å². The summed E-state index contributed by atoms with van der Waals surface area (Å²) in [6.45, 7) is 4.02. The second kappa shape index (κ2) is 7.31. The fourth-order valence-corrected chi connectivity index (χ4v) is 4.59. The van der Waals surface area contributed by atoms with Crippen LogP contribution in [0.5, 0.6) is 5.75 Å². The summed E-state index contributed by atoms with van der Waals surface area (Å²) in [6.07, 6.45) is 1.63. The zero-order chi connectivity index (χ0) is 22.6. The molecule has 5 aromatic rings. The van der Waals surface area contributed by atoms with Crippen LogP contribution in [0, 0.1) is 24.0 Å². The largest absolute Gasteiger partial charge is 0.497 e. The molecule has 0 atom stereocenters. The lowest BCUT2D eigenvalue weighted by molar-refractivity contribution is -0.384. The highest BCUT2D eigenvalue weighted by molar-refractivity contribution is 7.15. The van der Waals surface area contributed by atoms with E-state index < -0.39 is 4.92 Å². The van der Waals surface area contributed by atoms with Crippen molar-refractivity contribution in [3.05, 3.63) is 84.4 Å². The van der Waals surface area contributed by atoms with E-state index in [2.05, 4.69) is 4.98 Å². The summed E-state index contributed by atoms with van der Waals surface area (Å²) in [5.74, 6) is 1.13. The van der Waals surface area contributed by atoms with Gasteiger partial charge in [-0.3, -0.25) is 14.9 Å². The number of methoxy groups -OCH3 is 1. The average Bonchev–Trinajstić information content (AvgIpc) is 3.44. The number of nitrogens with zero attached hydrogens (tertiary/aromatic N) is 3. The van der Waals surface area contributed by atoms with Crippen LogP contribution in [0.25, 0.3) is 33.4 Å². The molecule has 0 fully saturated rings. The highest BCUT2D eigenvalue weighted by atomic mass is 32.1. The summed E-state index contributed by atoms with van der Waals surface area (Å²) >= 11 is 1.27. The number of fused-ring (bicyclic) bond motifs is 3. The van der Waals surface area contributed by atoms with E-state index in [9.17, 15) is 14.9 Å². The van der Waals surface area contributed by atoms with Crippen LogP contribution >= 0.6 is 11.3 Å². The molecule has 2 aromatic carbocycles. The van der Waals surface area contributed by atoms with Crippen molar-refractivity contribution >= 4 is 39.1 Å². The molecular weight excluding hydrogens is 430 g/mol. The molecule has 8 nitrogen and oxygen atoms in total. The summed E-state index contributed by atoms with van der Waals surface area (Å²) in [5.41, 5.74) is 3.81. The minimum absolute atomic E-state index is 0.124. The Bertz CT molecular complexity index is 1640. The lowest BCUT2D eigenvalue weighted by Gasteiger charge is -2.03. The van der Waals surface area contributed by atoms with E-state index in [1.165, 1.54) is 24.5 Å². The van der Waals surface area contributed by atoms with Crippen LogP contribution in [0.4, 0.5) is 5.69 Å². The van der Waals surface area contributed by atoms with Gasteiger partial charge in [0, 0.05) is 6.08 Å². The van der Waals surface area contributed by atoms with Crippen LogP contribution in [0.1, 0.15) is 16.9 Å². The van der Waals surface area contributed by atoms with Crippen LogP contribution in [-0.2, 0) is 0 Å². The molecule has 160 valence electrons. The predicted molar refractivity (Wildman–Crippen MR) is 122 cm³/mol. The zero-order valence-corrected chi connectivity index (χ0v) is 18.2. The molecule has 3 heterocycles. The summed E-state index contributed by atoms with van der Waals surface area (Å²) < 4.78 is 13.0. The van der Waals surface area contributed by atoms with Gasteiger partial charge in [0.1, 0.15) is 21.8 Å². The molecule has 0 radical (unpaired) electrons. The van der Waals surface area contributed by atoms with Crippen LogP contribution in [0.3, 0.4) is 0 Å². The molecule has 0 saturated carbocycles. The number of ether oxygens (including phenoxy) is 1. The first-order chi connectivity index (χ1) is 15.4. The topological polar surface area (TPSA) is 99.9 Å². The SMILES string of the molecule is COc1ccc(-c2ccc(C=c3sc4nc5cc(C)c(C)cc5n4c3=O)o2)c([N+](=O)[O-])c1. The van der Waals surface area contributed by atoms with Gasteiger partial charge in [-0.15, -0.1) is 0 Å². The molecule has 0 aliphatic heterocycles. The molecule has 0 bridgehead atoms. The second-order valence-corrected chi connectivity index (χ2v) is 8.42. The Kier molecular flexibility index (Phi) is 4.56. The number of thiazole rings is 1. The lowest BCUT2D eigenvalue weighted by atomic mass is 10.1. The van der Waals surface area contributed by atoms with Crippen LogP contribution < -0.4 is 14.8 Å². The minimum atomic E-state index is -0.484. The molecule has 3 aromatic heterocycles. The van der Waals surface area contributed by atoms with Gasteiger partial charge in [-0.1, -0.05) is 11.3 Å². The van der Waals surface area contributed by atoms with Gasteiger partial charge in [0.2, 0.25) is 0 Å². The summed E-state index contributed by atoms with van der Waals surface area (Å²) in [5, 5.41) is 11.5. The molecule has 0 saturated heterocycles. The molecule has 0 spiro atoms. The molecule has 5 rings (SSSR count). The van der Waals surface area contributed by atoms with E-state index in [4.69, 9.17) is 9.15 Å². The van der Waals surface area contributed by atoms with Crippen LogP contribution in [0.2, 0.25) is 0 Å². The van der Waals surface area contributed by atoms with Gasteiger partial charge in [-0.25, -0.2) is 9.38 Å². The molecule has 0 N–H and O–H groups in total. The van der Waals surface area contributed by atoms with Gasteiger partial charge in [0.25, 0.3) is 11.2 Å². The molecule has 0 unspecified atom stereocenters. The first-order valence-electron chi connectivity index (χ1n) is 9.72. The van der Waals surface area contributed by atoms with Gasteiger partial charge in [-0.2, -0.15) is 0 Å². The van der Waals surface area contributed by atoms with Gasteiger partial charge >= 0.3 is 0 Å². The van der Waals surface area contributed by atoms with Crippen LogP contribution in [-0.4, -0.2) is 21.4 Å². The van der Waals surface area contributed by atoms with Crippen molar-refractivity contribution in [3.63, 3.8) is 0 Å². The quantitative estimate of drug-likeness (QED) is 0.302. The van der Waals surface area contributed by atoms with E-state index in [1.54, 1.807) is 34.7 Å². The molecule has 0 amide bonds. The van der Waals surface area contributed by atoms with Gasteiger partial charge in [0.05, 0.1) is 34.7 Å². The van der Waals surface area contributed by atoms with E-state index >= 15 is 0 Å². The van der Waals surface area contributed by atoms with Crippen molar-refractivity contribution in [3.8, 4) is 17.1 Å². The normalized spacial score (nSPS) is 12.2. The smallest absolute Gasteiger partial charge is 0.284 e. The maximum atomic E-state index is 13.1. The zero-order valence-electron chi connectivity index (χ0n) is 17.4. The maximum absolute atomic E-state index is 13.1. The lowest BCUT2D eigenvalue weighted by Crippen LogP contribution is -2.22. The summed E-state index contributed by atoms with van der Waals surface area (Å²) in [6, 6.07) is 11.8. The Hall–Kier alpha value is -3.98. The highest BCUT2D eigenvalue weighted by Gasteiger charge is 2.19. The average molecular weight is 447 g/mol. The Morgan fingerprint density at radius 2 is 1.94 bits per heavy atom. The molecular formula is C23H17N3O5S. The minimum Gasteiger partial charge on any atom is -0.497 e. The van der Waals surface area contributed by atoms with Crippen LogP contribution in [0.15, 0.2) is 51.7 Å². The number of aromatic nitrogens is 2. The van der Waals surface area contributed by atoms with Gasteiger partial charge in [0.15, 0.2) is 4.96 Å². The second-order valence-electron chi connectivity index (χ2n) is 7.41. The first-order valence-corrected chi connectivity index (χ1v) is 10.5. The maximum Gasteiger partial charge on any atom is 0.284 e.